The van der Waals surface area contributed by atoms with E-state index in [1.54, 1.807) is 12.1 Å². The first-order chi connectivity index (χ1) is 15.9. The lowest BCUT2D eigenvalue weighted by atomic mass is 10.1. The van der Waals surface area contributed by atoms with E-state index in [4.69, 9.17) is 14.2 Å². The maximum Gasteiger partial charge on any atom is 0.349 e. The van der Waals surface area contributed by atoms with Crippen molar-refractivity contribution in [1.29, 1.82) is 5.26 Å². The second-order valence-corrected chi connectivity index (χ2v) is 6.68. The van der Waals surface area contributed by atoms with E-state index in [1.807, 2.05) is 13.0 Å². The zero-order valence-electron chi connectivity index (χ0n) is 18.2. The van der Waals surface area contributed by atoms with Crippen molar-refractivity contribution < 1.29 is 28.7 Å². The van der Waals surface area contributed by atoms with Gasteiger partial charge < -0.3 is 19.5 Å². The summed E-state index contributed by atoms with van der Waals surface area (Å²) in [5, 5.41) is 23.0. The number of amides is 1. The predicted molar refractivity (Wildman–Crippen MR) is 119 cm³/mol. The fraction of sp³-hybridized carbons (Fsp3) is 0.261. The van der Waals surface area contributed by atoms with Crippen LogP contribution in [-0.4, -0.2) is 37.1 Å². The van der Waals surface area contributed by atoms with Crippen molar-refractivity contribution in [2.45, 2.75) is 19.8 Å². The van der Waals surface area contributed by atoms with Crippen LogP contribution in [0.15, 0.2) is 48.0 Å². The minimum atomic E-state index is -0.803. The molecule has 0 bridgehead atoms. The molecule has 10 heteroatoms. The van der Waals surface area contributed by atoms with Gasteiger partial charge >= 0.3 is 11.7 Å². The van der Waals surface area contributed by atoms with Crippen molar-refractivity contribution in [3.05, 3.63) is 63.7 Å². The van der Waals surface area contributed by atoms with Crippen LogP contribution in [-0.2, 0) is 9.59 Å². The number of methoxy groups -OCH3 is 1. The molecule has 0 unspecified atom stereocenters. The highest BCUT2D eigenvalue weighted by molar-refractivity contribution is 6.01. The third-order valence-corrected chi connectivity index (χ3v) is 4.31. The zero-order chi connectivity index (χ0) is 24.2. The van der Waals surface area contributed by atoms with Crippen LogP contribution in [0.1, 0.15) is 25.3 Å². The molecule has 0 radical (unpaired) electrons. The number of hydrogen-bond donors (Lipinski definition) is 1. The van der Waals surface area contributed by atoms with Gasteiger partial charge in [-0.3, -0.25) is 14.9 Å². The minimum Gasteiger partial charge on any atom is -0.493 e. The van der Waals surface area contributed by atoms with Gasteiger partial charge in [0.25, 0.3) is 5.91 Å². The second-order valence-electron chi connectivity index (χ2n) is 6.68. The molecular weight excluding hydrogens is 430 g/mol. The number of carbonyl (C=O) groups excluding carboxylic acids is 2. The number of nitro benzene ring substituents is 1. The summed E-state index contributed by atoms with van der Waals surface area (Å²) in [5.74, 6) is -1.08. The number of carbonyl (C=O) groups is 2. The van der Waals surface area contributed by atoms with Crippen LogP contribution >= 0.6 is 0 Å². The van der Waals surface area contributed by atoms with Crippen molar-refractivity contribution in [3.8, 4) is 23.3 Å². The highest BCUT2D eigenvalue weighted by atomic mass is 16.6. The number of nitrogens with zero attached hydrogens (tertiary/aromatic N) is 2. The third kappa shape index (κ3) is 7.36. The Labute approximate surface area is 190 Å². The molecule has 2 aromatic carbocycles. The summed E-state index contributed by atoms with van der Waals surface area (Å²) in [7, 11) is 1.37. The smallest absolute Gasteiger partial charge is 0.349 e. The fourth-order valence-electron chi connectivity index (χ4n) is 2.67. The number of benzene rings is 2. The van der Waals surface area contributed by atoms with Gasteiger partial charge in [-0.1, -0.05) is 31.5 Å². The Morgan fingerprint density at radius 2 is 1.94 bits per heavy atom. The van der Waals surface area contributed by atoms with Crippen molar-refractivity contribution in [3.63, 3.8) is 0 Å². The van der Waals surface area contributed by atoms with E-state index in [0.717, 1.165) is 12.8 Å². The highest BCUT2D eigenvalue weighted by Gasteiger charge is 2.17. The molecule has 33 heavy (non-hydrogen) atoms. The SMILES string of the molecule is CCCCNC(=O)/C(C#N)=C/c1ccc(OC(=O)COc2ccccc2[N+](=O)[O-])c(OC)c1. The normalized spacial score (nSPS) is 10.6. The third-order valence-electron chi connectivity index (χ3n) is 4.31. The van der Waals surface area contributed by atoms with E-state index in [9.17, 15) is 25.0 Å². The average molecular weight is 453 g/mol. The van der Waals surface area contributed by atoms with Crippen LogP contribution in [0, 0.1) is 21.4 Å². The van der Waals surface area contributed by atoms with Crippen molar-refractivity contribution in [2.75, 3.05) is 20.3 Å². The molecule has 0 heterocycles. The molecule has 0 saturated heterocycles. The molecule has 0 aliphatic heterocycles. The number of nitriles is 1. The summed E-state index contributed by atoms with van der Waals surface area (Å²) in [6.07, 6.45) is 3.11. The van der Waals surface area contributed by atoms with Gasteiger partial charge in [-0.15, -0.1) is 0 Å². The summed E-state index contributed by atoms with van der Waals surface area (Å²) in [5.41, 5.74) is 0.145. The number of ether oxygens (including phenoxy) is 3. The maximum absolute atomic E-state index is 12.2. The van der Waals surface area contributed by atoms with Gasteiger partial charge in [0.15, 0.2) is 23.9 Å². The zero-order valence-corrected chi connectivity index (χ0v) is 18.2. The van der Waals surface area contributed by atoms with Gasteiger partial charge in [0.05, 0.1) is 12.0 Å². The molecule has 1 amide bonds. The van der Waals surface area contributed by atoms with Gasteiger partial charge in [-0.25, -0.2) is 4.79 Å². The van der Waals surface area contributed by atoms with E-state index in [1.165, 1.54) is 43.5 Å². The standard InChI is InChI=1S/C23H23N3O7/c1-3-4-11-25-23(28)17(14-24)12-16-9-10-20(21(13-16)31-2)33-22(27)15-32-19-8-6-5-7-18(19)26(29)30/h5-10,12-13H,3-4,11,15H2,1-2H3,(H,25,28)/b17-12+. The summed E-state index contributed by atoms with van der Waals surface area (Å²) >= 11 is 0. The van der Waals surface area contributed by atoms with Gasteiger partial charge in [0.2, 0.25) is 0 Å². The Balaban J connectivity index is 2.08. The molecule has 2 rings (SSSR count). The second kappa shape index (κ2) is 12.5. The molecular formula is C23H23N3O7. The Morgan fingerprint density at radius 3 is 2.61 bits per heavy atom. The summed E-state index contributed by atoms with van der Waals surface area (Å²) in [4.78, 5) is 34.7. The van der Waals surface area contributed by atoms with Crippen molar-refractivity contribution >= 4 is 23.6 Å². The van der Waals surface area contributed by atoms with Crippen LogP contribution < -0.4 is 19.5 Å². The van der Waals surface area contributed by atoms with Crippen LogP contribution in [0.3, 0.4) is 0 Å². The van der Waals surface area contributed by atoms with Crippen LogP contribution in [0.4, 0.5) is 5.69 Å². The molecule has 1 N–H and O–H groups in total. The van der Waals surface area contributed by atoms with Gasteiger partial charge in [-0.2, -0.15) is 5.26 Å². The maximum atomic E-state index is 12.2. The number of unbranched alkanes of at least 4 members (excludes halogenated alkanes) is 1. The molecule has 0 aliphatic carbocycles. The number of esters is 1. The van der Waals surface area contributed by atoms with E-state index in [-0.39, 0.29) is 28.5 Å². The van der Waals surface area contributed by atoms with Gasteiger partial charge in [0, 0.05) is 12.6 Å². The molecule has 10 nitrogen and oxygen atoms in total. The van der Waals surface area contributed by atoms with E-state index in [2.05, 4.69) is 5.32 Å². The molecule has 0 atom stereocenters. The lowest BCUT2D eigenvalue weighted by Gasteiger charge is -2.11. The summed E-state index contributed by atoms with van der Waals surface area (Å²) < 4.78 is 15.7. The van der Waals surface area contributed by atoms with E-state index < -0.39 is 23.4 Å². The van der Waals surface area contributed by atoms with Crippen LogP contribution in [0.2, 0.25) is 0 Å². The van der Waals surface area contributed by atoms with E-state index in [0.29, 0.717) is 12.1 Å². The largest absolute Gasteiger partial charge is 0.493 e. The quantitative estimate of drug-likeness (QED) is 0.104. The molecule has 2 aromatic rings. The average Bonchev–Trinajstić information content (AvgIpc) is 2.82. The number of nitrogens with one attached hydrogen (secondary N) is 1. The Kier molecular flexibility index (Phi) is 9.39. The van der Waals surface area contributed by atoms with Gasteiger partial charge in [0.1, 0.15) is 11.6 Å². The predicted octanol–water partition coefficient (Wildman–Crippen LogP) is 3.41. The monoisotopic (exact) mass is 453 g/mol. The number of nitro groups is 1. The molecule has 0 aromatic heterocycles. The lowest BCUT2D eigenvalue weighted by Crippen LogP contribution is -2.25. The molecule has 0 spiro atoms. The first-order valence-corrected chi connectivity index (χ1v) is 10.0. The Morgan fingerprint density at radius 1 is 1.18 bits per heavy atom. The number of para-hydroxylation sites is 2. The summed E-state index contributed by atoms with van der Waals surface area (Å²) in [6.45, 7) is 1.90. The molecule has 0 saturated carbocycles. The highest BCUT2D eigenvalue weighted by Crippen LogP contribution is 2.30. The molecule has 0 aliphatic rings. The minimum absolute atomic E-state index is 0.0619. The van der Waals surface area contributed by atoms with Gasteiger partial charge in [-0.05, 0) is 36.3 Å². The first kappa shape index (κ1) is 24.9. The first-order valence-electron chi connectivity index (χ1n) is 10.0. The van der Waals surface area contributed by atoms with Crippen LogP contribution in [0.25, 0.3) is 6.08 Å². The van der Waals surface area contributed by atoms with Crippen LogP contribution in [0.5, 0.6) is 17.2 Å². The lowest BCUT2D eigenvalue weighted by molar-refractivity contribution is -0.385. The van der Waals surface area contributed by atoms with E-state index >= 15 is 0 Å². The summed E-state index contributed by atoms with van der Waals surface area (Å²) in [6, 6.07) is 12.0. The van der Waals surface area contributed by atoms with Crippen molar-refractivity contribution in [1.82, 2.24) is 5.32 Å². The number of rotatable bonds is 11. The Bertz CT molecular complexity index is 1090. The molecule has 0 fully saturated rings. The topological polar surface area (TPSA) is 141 Å². The molecule has 172 valence electrons. The number of hydrogen-bond acceptors (Lipinski definition) is 8. The fourth-order valence-corrected chi connectivity index (χ4v) is 2.67. The Hall–Kier alpha value is -4.39. The van der Waals surface area contributed by atoms with Crippen molar-refractivity contribution in [2.24, 2.45) is 0 Å².